The number of fused-ring (bicyclic) bond motifs is 1. The Morgan fingerprint density at radius 2 is 1.79 bits per heavy atom. The molecule has 0 bridgehead atoms. The van der Waals surface area contributed by atoms with Crippen molar-refractivity contribution in [2.24, 2.45) is 0 Å². The van der Waals surface area contributed by atoms with Crippen LogP contribution in [0.5, 0.6) is 0 Å². The number of hydrogen-bond donors (Lipinski definition) is 2. The minimum Gasteiger partial charge on any atom is -0.383 e. The van der Waals surface area contributed by atoms with Crippen LogP contribution in [-0.4, -0.2) is 48.6 Å². The lowest BCUT2D eigenvalue weighted by Crippen LogP contribution is -2.34. The maximum absolute atomic E-state index is 15.0. The van der Waals surface area contributed by atoms with E-state index >= 15 is 0 Å². The van der Waals surface area contributed by atoms with Gasteiger partial charge in [-0.2, -0.15) is 0 Å². The van der Waals surface area contributed by atoms with Crippen molar-refractivity contribution in [2.75, 3.05) is 38.6 Å². The number of rotatable bonds is 5. The van der Waals surface area contributed by atoms with Crippen molar-refractivity contribution in [1.82, 2.24) is 15.2 Å². The molecule has 0 atom stereocenters. The molecule has 2 aliphatic rings. The molecule has 34 heavy (non-hydrogen) atoms. The largest absolute Gasteiger partial charge is 0.383 e. The number of hydrogen-bond acceptors (Lipinski definition) is 4. The lowest BCUT2D eigenvalue weighted by molar-refractivity contribution is 0.0945. The first-order valence-electron chi connectivity index (χ1n) is 11.8. The average molecular weight is 463 g/mol. The summed E-state index contributed by atoms with van der Waals surface area (Å²) in [6.07, 6.45) is 4.41. The van der Waals surface area contributed by atoms with Crippen LogP contribution < -0.4 is 11.1 Å². The van der Waals surface area contributed by atoms with Crippen LogP contribution in [0.3, 0.4) is 0 Å². The lowest BCUT2D eigenvalue weighted by atomic mass is 9.88. The van der Waals surface area contributed by atoms with Crippen LogP contribution in [0.2, 0.25) is 0 Å². The number of piperidine rings is 1. The van der Waals surface area contributed by atoms with E-state index in [2.05, 4.69) is 39.5 Å². The highest BCUT2D eigenvalue weighted by Gasteiger charge is 2.22. The van der Waals surface area contributed by atoms with E-state index in [1.807, 2.05) is 6.07 Å². The molecule has 1 fully saturated rings. The zero-order chi connectivity index (χ0) is 23.7. The summed E-state index contributed by atoms with van der Waals surface area (Å²) in [6.45, 7) is 2.62. The standard InChI is InChI=1S/C27H28F2N4O/c28-8-12-33-10-6-19(7-11-33)17-1-3-18(4-2-17)21-14-24(26(30)32-16-21)23-13-20-5-9-31-27(34)22(20)15-25(23)29/h1-4,13-16,19H,5-12H2,(H2,30,32)(H,31,34). The summed E-state index contributed by atoms with van der Waals surface area (Å²) in [4.78, 5) is 18.6. The van der Waals surface area contributed by atoms with Crippen LogP contribution >= 0.6 is 0 Å². The predicted octanol–water partition coefficient (Wildman–Crippen LogP) is 4.57. The Bertz CT molecular complexity index is 1200. The third-order valence-electron chi connectivity index (χ3n) is 7.03. The molecule has 3 heterocycles. The van der Waals surface area contributed by atoms with E-state index in [4.69, 9.17) is 5.73 Å². The number of carbonyl (C=O) groups excluding carboxylic acids is 1. The highest BCUT2D eigenvalue weighted by atomic mass is 19.1. The van der Waals surface area contributed by atoms with Crippen molar-refractivity contribution in [3.05, 3.63) is 71.2 Å². The second-order valence-electron chi connectivity index (χ2n) is 9.08. The number of pyridine rings is 1. The Balaban J connectivity index is 1.40. The molecule has 1 saturated heterocycles. The number of nitrogen functional groups attached to an aromatic ring is 1. The summed E-state index contributed by atoms with van der Waals surface area (Å²) < 4.78 is 27.6. The normalized spacial score (nSPS) is 16.8. The first-order valence-corrected chi connectivity index (χ1v) is 11.8. The average Bonchev–Trinajstić information content (AvgIpc) is 2.86. The highest BCUT2D eigenvalue weighted by Crippen LogP contribution is 2.35. The van der Waals surface area contributed by atoms with Gasteiger partial charge in [0.15, 0.2) is 0 Å². The number of amides is 1. The van der Waals surface area contributed by atoms with E-state index in [9.17, 15) is 13.6 Å². The first-order chi connectivity index (χ1) is 16.5. The fourth-order valence-corrected chi connectivity index (χ4v) is 5.05. The molecule has 0 saturated carbocycles. The zero-order valence-corrected chi connectivity index (χ0v) is 19.0. The summed E-state index contributed by atoms with van der Waals surface area (Å²) in [5.74, 6) is -0.0121. The number of nitrogens with zero attached hydrogens (tertiary/aromatic N) is 2. The van der Waals surface area contributed by atoms with E-state index in [1.54, 1.807) is 12.3 Å². The molecule has 2 aromatic carbocycles. The summed E-state index contributed by atoms with van der Waals surface area (Å²) in [5.41, 5.74) is 11.3. The Kier molecular flexibility index (Phi) is 6.28. The van der Waals surface area contributed by atoms with Gasteiger partial charge in [-0.3, -0.25) is 4.79 Å². The summed E-state index contributed by atoms with van der Waals surface area (Å²) in [7, 11) is 0. The Labute approximate surface area is 198 Å². The second-order valence-corrected chi connectivity index (χ2v) is 9.08. The van der Waals surface area contributed by atoms with Gasteiger partial charge in [0.2, 0.25) is 0 Å². The van der Waals surface area contributed by atoms with Gasteiger partial charge in [-0.25, -0.2) is 13.8 Å². The fourth-order valence-electron chi connectivity index (χ4n) is 5.05. The number of nitrogens with two attached hydrogens (primary N) is 1. The first kappa shape index (κ1) is 22.5. The van der Waals surface area contributed by atoms with Crippen molar-refractivity contribution in [3.8, 4) is 22.3 Å². The van der Waals surface area contributed by atoms with Crippen molar-refractivity contribution >= 4 is 11.7 Å². The van der Waals surface area contributed by atoms with E-state index in [-0.39, 0.29) is 18.4 Å². The lowest BCUT2D eigenvalue weighted by Gasteiger charge is -2.31. The molecule has 5 rings (SSSR count). The maximum Gasteiger partial charge on any atom is 0.251 e. The summed E-state index contributed by atoms with van der Waals surface area (Å²) >= 11 is 0. The number of likely N-dealkylation sites (tertiary alicyclic amines) is 1. The molecule has 3 aromatic rings. The summed E-state index contributed by atoms with van der Waals surface area (Å²) in [5, 5.41) is 2.74. The molecule has 7 heteroatoms. The van der Waals surface area contributed by atoms with E-state index in [0.29, 0.717) is 42.1 Å². The zero-order valence-electron chi connectivity index (χ0n) is 19.0. The van der Waals surface area contributed by atoms with Crippen LogP contribution in [-0.2, 0) is 6.42 Å². The number of aromatic nitrogens is 1. The minimum atomic E-state index is -0.490. The van der Waals surface area contributed by atoms with Gasteiger partial charge < -0.3 is 16.0 Å². The van der Waals surface area contributed by atoms with E-state index < -0.39 is 5.82 Å². The van der Waals surface area contributed by atoms with Gasteiger partial charge >= 0.3 is 0 Å². The number of nitrogens with one attached hydrogen (secondary N) is 1. The predicted molar refractivity (Wildman–Crippen MR) is 130 cm³/mol. The quantitative estimate of drug-likeness (QED) is 0.583. The molecule has 1 aromatic heterocycles. The van der Waals surface area contributed by atoms with Crippen LogP contribution in [0.1, 0.15) is 40.2 Å². The Morgan fingerprint density at radius 3 is 2.53 bits per heavy atom. The molecule has 0 unspecified atom stereocenters. The highest BCUT2D eigenvalue weighted by molar-refractivity contribution is 5.97. The number of alkyl halides is 1. The Morgan fingerprint density at radius 1 is 1.03 bits per heavy atom. The van der Waals surface area contributed by atoms with Crippen molar-refractivity contribution in [3.63, 3.8) is 0 Å². The summed E-state index contributed by atoms with van der Waals surface area (Å²) in [6, 6.07) is 13.3. The van der Waals surface area contributed by atoms with Gasteiger partial charge in [-0.1, -0.05) is 24.3 Å². The van der Waals surface area contributed by atoms with Crippen LogP contribution in [0.25, 0.3) is 22.3 Å². The number of anilines is 1. The molecule has 1 amide bonds. The van der Waals surface area contributed by atoms with Gasteiger partial charge in [-0.05, 0) is 73.2 Å². The molecular formula is C27H28F2N4O. The number of carbonyl (C=O) groups is 1. The SMILES string of the molecule is Nc1ncc(-c2ccc(C3CCN(CCF)CC3)cc2)cc1-c1cc2c(cc1F)C(=O)NCC2. The van der Waals surface area contributed by atoms with Crippen LogP contribution in [0.15, 0.2) is 48.7 Å². The molecule has 0 radical (unpaired) electrons. The molecule has 0 aliphatic carbocycles. The molecule has 3 N–H and O–H groups in total. The fraction of sp³-hybridized carbons (Fsp3) is 0.333. The molecule has 176 valence electrons. The van der Waals surface area contributed by atoms with Gasteiger partial charge in [-0.15, -0.1) is 0 Å². The number of benzene rings is 2. The molecular weight excluding hydrogens is 434 g/mol. The van der Waals surface area contributed by atoms with Crippen molar-refractivity contribution in [2.45, 2.75) is 25.2 Å². The van der Waals surface area contributed by atoms with Crippen LogP contribution in [0.4, 0.5) is 14.6 Å². The third-order valence-corrected chi connectivity index (χ3v) is 7.03. The monoisotopic (exact) mass is 462 g/mol. The number of halogens is 2. The van der Waals surface area contributed by atoms with Crippen molar-refractivity contribution in [1.29, 1.82) is 0 Å². The minimum absolute atomic E-state index is 0.250. The molecule has 0 spiro atoms. The van der Waals surface area contributed by atoms with Gasteiger partial charge in [0.1, 0.15) is 18.3 Å². The topological polar surface area (TPSA) is 71.2 Å². The smallest absolute Gasteiger partial charge is 0.251 e. The Hall–Kier alpha value is -3.32. The van der Waals surface area contributed by atoms with Crippen LogP contribution in [0, 0.1) is 5.82 Å². The van der Waals surface area contributed by atoms with E-state index in [1.165, 1.54) is 11.6 Å². The third kappa shape index (κ3) is 4.40. The van der Waals surface area contributed by atoms with Gasteiger partial charge in [0.05, 0.1) is 0 Å². The van der Waals surface area contributed by atoms with Gasteiger partial charge in [0, 0.05) is 41.5 Å². The molecule has 2 aliphatic heterocycles. The molecule has 5 nitrogen and oxygen atoms in total. The second kappa shape index (κ2) is 9.50. The van der Waals surface area contributed by atoms with Gasteiger partial charge in [0.25, 0.3) is 5.91 Å². The van der Waals surface area contributed by atoms with E-state index in [0.717, 1.165) is 42.6 Å². The maximum atomic E-state index is 15.0. The van der Waals surface area contributed by atoms with Crippen molar-refractivity contribution < 1.29 is 13.6 Å².